The van der Waals surface area contributed by atoms with Crippen LogP contribution in [-0.4, -0.2) is 46.2 Å². The first-order valence-electron chi connectivity index (χ1n) is 15.6. The van der Waals surface area contributed by atoms with Gasteiger partial charge in [-0.1, -0.05) is 38.1 Å². The Balaban J connectivity index is 1.56. The Morgan fingerprint density at radius 2 is 1.73 bits per heavy atom. The van der Waals surface area contributed by atoms with Gasteiger partial charge in [0.05, 0.1) is 11.3 Å². The lowest BCUT2D eigenvalue weighted by Crippen LogP contribution is -2.39. The van der Waals surface area contributed by atoms with Gasteiger partial charge in [0, 0.05) is 66.9 Å². The number of halogens is 2. The lowest BCUT2D eigenvalue weighted by molar-refractivity contribution is -0.160. The third-order valence-corrected chi connectivity index (χ3v) is 8.97. The van der Waals surface area contributed by atoms with Crippen molar-refractivity contribution in [3.63, 3.8) is 0 Å². The molecule has 1 aromatic heterocycles. The molecule has 2 aliphatic rings. The molecule has 8 heteroatoms. The average Bonchev–Trinajstić information content (AvgIpc) is 2.92. The van der Waals surface area contributed by atoms with Crippen LogP contribution in [0.25, 0.3) is 11.1 Å². The predicted molar refractivity (Wildman–Crippen MR) is 170 cm³/mol. The van der Waals surface area contributed by atoms with Crippen LogP contribution in [0.5, 0.6) is 0 Å². The molecule has 5 rings (SSSR count). The molecule has 3 aromatic rings. The number of carboxylic acid groups (broad SMARTS) is 1. The molecular formula is C36H45F2N3O3. The van der Waals surface area contributed by atoms with Crippen LogP contribution in [0.3, 0.4) is 0 Å². The van der Waals surface area contributed by atoms with E-state index in [0.29, 0.717) is 29.9 Å². The van der Waals surface area contributed by atoms with Gasteiger partial charge in [0.15, 0.2) is 6.10 Å². The fourth-order valence-corrected chi connectivity index (χ4v) is 6.55. The Hall–Kier alpha value is -3.36. The summed E-state index contributed by atoms with van der Waals surface area (Å²) >= 11 is 0. The third kappa shape index (κ3) is 6.97. The van der Waals surface area contributed by atoms with Gasteiger partial charge in [0.2, 0.25) is 0 Å². The summed E-state index contributed by atoms with van der Waals surface area (Å²) in [5.74, 6) is -2.12. The molecule has 1 atom stereocenters. The minimum Gasteiger partial charge on any atom is -0.479 e. The molecule has 0 spiro atoms. The van der Waals surface area contributed by atoms with E-state index < -0.39 is 29.3 Å². The molecule has 3 heterocycles. The highest BCUT2D eigenvalue weighted by molar-refractivity contribution is 5.88. The van der Waals surface area contributed by atoms with Gasteiger partial charge < -0.3 is 14.7 Å². The molecule has 44 heavy (non-hydrogen) atoms. The van der Waals surface area contributed by atoms with E-state index in [2.05, 4.69) is 41.8 Å². The molecule has 0 aliphatic carbocycles. The average molecular weight is 606 g/mol. The van der Waals surface area contributed by atoms with Gasteiger partial charge in [-0.05, 0) is 82.1 Å². The summed E-state index contributed by atoms with van der Waals surface area (Å²) in [6.45, 7) is 17.6. The molecule has 1 unspecified atom stereocenters. The number of carbonyl (C=O) groups is 1. The minimum atomic E-state index is -1.16. The van der Waals surface area contributed by atoms with Gasteiger partial charge >= 0.3 is 5.97 Å². The number of nitrogens with zero attached hydrogens (tertiary/aromatic N) is 3. The highest BCUT2D eigenvalue weighted by atomic mass is 19.1. The first kappa shape index (κ1) is 32.0. The summed E-state index contributed by atoms with van der Waals surface area (Å²) in [4.78, 5) is 22.2. The van der Waals surface area contributed by atoms with Crippen molar-refractivity contribution in [2.45, 2.75) is 92.5 Å². The van der Waals surface area contributed by atoms with E-state index >= 15 is 0 Å². The zero-order chi connectivity index (χ0) is 32.0. The van der Waals surface area contributed by atoms with Gasteiger partial charge in [-0.3, -0.25) is 9.88 Å². The molecule has 236 valence electrons. The second kappa shape index (κ2) is 12.2. The second-order valence-corrected chi connectivity index (χ2v) is 14.2. The van der Waals surface area contributed by atoms with Crippen LogP contribution < -0.4 is 4.90 Å². The lowest BCUT2D eigenvalue weighted by atomic mass is 9.81. The van der Waals surface area contributed by atoms with Crippen LogP contribution in [0, 0.1) is 30.9 Å². The summed E-state index contributed by atoms with van der Waals surface area (Å²) in [7, 11) is 0. The largest absolute Gasteiger partial charge is 0.479 e. The number of ether oxygens (including phenoxy) is 1. The molecule has 0 saturated carbocycles. The van der Waals surface area contributed by atoms with Crippen molar-refractivity contribution in [3.05, 3.63) is 81.7 Å². The van der Waals surface area contributed by atoms with E-state index in [0.717, 1.165) is 67.5 Å². The molecule has 1 saturated heterocycles. The predicted octanol–water partition coefficient (Wildman–Crippen LogP) is 7.77. The van der Waals surface area contributed by atoms with Crippen molar-refractivity contribution in [2.75, 3.05) is 24.5 Å². The van der Waals surface area contributed by atoms with Crippen LogP contribution >= 0.6 is 0 Å². The SMILES string of the molecule is Cc1nc(C)c(C(OC(C)(C)C)C(=O)O)c(N2CCC(C)(C)CC2)c1-c1ccc2c(c1)CCN(Cc1ccc(F)cc1F)C2. The van der Waals surface area contributed by atoms with Gasteiger partial charge in [0.25, 0.3) is 0 Å². The van der Waals surface area contributed by atoms with Gasteiger partial charge in [-0.15, -0.1) is 0 Å². The number of benzene rings is 2. The highest BCUT2D eigenvalue weighted by Gasteiger charge is 2.36. The van der Waals surface area contributed by atoms with Crippen molar-refractivity contribution < 1.29 is 23.4 Å². The quantitative estimate of drug-likeness (QED) is 0.297. The van der Waals surface area contributed by atoms with Crippen molar-refractivity contribution in [3.8, 4) is 11.1 Å². The summed E-state index contributed by atoms with van der Waals surface area (Å²) in [5, 5.41) is 10.5. The zero-order valence-electron chi connectivity index (χ0n) is 27.1. The van der Waals surface area contributed by atoms with Crippen molar-refractivity contribution >= 4 is 11.7 Å². The first-order valence-corrected chi connectivity index (χ1v) is 15.6. The van der Waals surface area contributed by atoms with Crippen molar-refractivity contribution in [1.82, 2.24) is 9.88 Å². The molecule has 0 bridgehead atoms. The third-order valence-electron chi connectivity index (χ3n) is 8.97. The Morgan fingerprint density at radius 1 is 1.02 bits per heavy atom. The molecule has 2 aliphatic heterocycles. The fourth-order valence-electron chi connectivity index (χ4n) is 6.55. The molecule has 0 amide bonds. The monoisotopic (exact) mass is 605 g/mol. The van der Waals surface area contributed by atoms with Crippen molar-refractivity contribution in [1.29, 1.82) is 0 Å². The first-order chi connectivity index (χ1) is 20.6. The highest BCUT2D eigenvalue weighted by Crippen LogP contribution is 2.45. The van der Waals surface area contributed by atoms with E-state index in [1.54, 1.807) is 0 Å². The van der Waals surface area contributed by atoms with E-state index in [-0.39, 0.29) is 5.41 Å². The summed E-state index contributed by atoms with van der Waals surface area (Å²) in [6.07, 6.45) is 1.62. The summed E-state index contributed by atoms with van der Waals surface area (Å²) in [5.41, 5.74) is 7.43. The van der Waals surface area contributed by atoms with E-state index in [1.807, 2.05) is 34.6 Å². The number of hydrogen-bond acceptors (Lipinski definition) is 5. The minimum absolute atomic E-state index is 0.219. The topological polar surface area (TPSA) is 65.9 Å². The number of rotatable bonds is 7. The van der Waals surface area contributed by atoms with Crippen LogP contribution in [0.2, 0.25) is 0 Å². The number of anilines is 1. The number of piperidine rings is 1. The van der Waals surface area contributed by atoms with Crippen LogP contribution in [-0.2, 0) is 29.0 Å². The van der Waals surface area contributed by atoms with Gasteiger partial charge in [0.1, 0.15) is 11.6 Å². The number of pyridine rings is 1. The molecular weight excluding hydrogens is 560 g/mol. The molecule has 0 radical (unpaired) electrons. The Bertz CT molecular complexity index is 1550. The number of aryl methyl sites for hydroxylation is 2. The summed E-state index contributed by atoms with van der Waals surface area (Å²) < 4.78 is 34.0. The Labute approximate surface area is 260 Å². The van der Waals surface area contributed by atoms with Gasteiger partial charge in [-0.25, -0.2) is 13.6 Å². The lowest BCUT2D eigenvalue weighted by Gasteiger charge is -2.41. The van der Waals surface area contributed by atoms with Crippen molar-refractivity contribution in [2.24, 2.45) is 5.41 Å². The van der Waals surface area contributed by atoms with E-state index in [1.165, 1.54) is 23.3 Å². The smallest absolute Gasteiger partial charge is 0.337 e. The van der Waals surface area contributed by atoms with E-state index in [9.17, 15) is 18.7 Å². The number of carboxylic acids is 1. The Kier molecular flexibility index (Phi) is 8.89. The van der Waals surface area contributed by atoms with Gasteiger partial charge in [-0.2, -0.15) is 0 Å². The Morgan fingerprint density at radius 3 is 2.36 bits per heavy atom. The number of fused-ring (bicyclic) bond motifs is 1. The molecule has 2 aromatic carbocycles. The normalized spacial score (nSPS) is 17.8. The molecule has 1 N–H and O–H groups in total. The standard InChI is InChI=1S/C36H45F2N3O3/c1-22-30(25-8-9-26-20-40(15-12-24(26)18-25)21-27-10-11-28(37)19-29(27)38)32(41-16-13-36(6,7)14-17-41)31(23(2)39-22)33(34(42)43)44-35(3,4)5/h8-11,18-19,33H,12-17,20-21H2,1-7H3,(H,42,43). The number of aromatic nitrogens is 1. The maximum Gasteiger partial charge on any atom is 0.337 e. The maximum atomic E-state index is 14.3. The maximum absolute atomic E-state index is 14.3. The number of aliphatic carboxylic acids is 1. The van der Waals surface area contributed by atoms with E-state index in [4.69, 9.17) is 9.72 Å². The second-order valence-electron chi connectivity index (χ2n) is 14.2. The molecule has 6 nitrogen and oxygen atoms in total. The summed E-state index contributed by atoms with van der Waals surface area (Å²) in [6, 6.07) is 10.2. The van der Waals surface area contributed by atoms with Crippen LogP contribution in [0.1, 0.15) is 87.2 Å². The van der Waals surface area contributed by atoms with Crippen LogP contribution in [0.15, 0.2) is 36.4 Å². The number of hydrogen-bond donors (Lipinski definition) is 1. The molecule has 1 fully saturated rings. The van der Waals surface area contributed by atoms with Crippen LogP contribution in [0.4, 0.5) is 14.5 Å². The zero-order valence-corrected chi connectivity index (χ0v) is 27.1. The fraction of sp³-hybridized carbons (Fsp3) is 0.500.